The molecule has 0 aromatic heterocycles. The van der Waals surface area contributed by atoms with E-state index in [2.05, 4.69) is 33.9 Å². The van der Waals surface area contributed by atoms with Gasteiger partial charge in [0.25, 0.3) is 0 Å². The van der Waals surface area contributed by atoms with Gasteiger partial charge in [-0.05, 0) is 42.5 Å². The van der Waals surface area contributed by atoms with E-state index in [0.29, 0.717) is 10.8 Å². The Morgan fingerprint density at radius 2 is 1.83 bits per heavy atom. The van der Waals surface area contributed by atoms with Crippen molar-refractivity contribution < 1.29 is 14.6 Å². The molecule has 1 aliphatic rings. The van der Waals surface area contributed by atoms with Gasteiger partial charge in [-0.3, -0.25) is 4.79 Å². The highest BCUT2D eigenvalue weighted by Gasteiger charge is 2.48. The Morgan fingerprint density at radius 3 is 2.12 bits per heavy atom. The van der Waals surface area contributed by atoms with Gasteiger partial charge in [0.2, 0.25) is 0 Å². The first-order valence-corrected chi connectivity index (χ1v) is 12.4. The molecular weight excluding hydrogens is 340 g/mol. The number of halogens is 1. The zero-order valence-corrected chi connectivity index (χ0v) is 17.8. The van der Waals surface area contributed by atoms with E-state index in [1.165, 1.54) is 0 Å². The monoisotopic (exact) mass is 370 g/mol. The highest BCUT2D eigenvalue weighted by atomic mass is 35.6. The summed E-state index contributed by atoms with van der Waals surface area (Å²) < 4.78 is 5.14. The molecule has 2 rings (SSSR count). The van der Waals surface area contributed by atoms with Gasteiger partial charge in [0.05, 0.1) is 19.1 Å². The van der Waals surface area contributed by atoms with E-state index in [-0.39, 0.29) is 17.8 Å². The number of hydrogen-bond acceptors (Lipinski definition) is 3. The van der Waals surface area contributed by atoms with Gasteiger partial charge < -0.3 is 9.84 Å². The quantitative estimate of drug-likeness (QED) is 0.596. The van der Waals surface area contributed by atoms with Gasteiger partial charge in [-0.1, -0.05) is 39.9 Å². The number of ketones is 1. The third-order valence-corrected chi connectivity index (χ3v) is 10.5. The van der Waals surface area contributed by atoms with Crippen molar-refractivity contribution in [3.05, 3.63) is 29.3 Å². The number of rotatable bonds is 4. The van der Waals surface area contributed by atoms with Gasteiger partial charge in [0, 0.05) is 5.56 Å². The number of Topliss-reactive ketones (excluding diaryl/α,β-unsaturated/α-hetero) is 1. The van der Waals surface area contributed by atoms with Crippen molar-refractivity contribution in [2.45, 2.75) is 70.7 Å². The molecule has 1 N–H and O–H groups in total. The minimum absolute atomic E-state index is 0.0645. The second kappa shape index (κ2) is 7.59. The van der Waals surface area contributed by atoms with Crippen molar-refractivity contribution in [1.82, 2.24) is 0 Å². The third kappa shape index (κ3) is 4.84. The lowest BCUT2D eigenvalue weighted by molar-refractivity contribution is -0.119. The zero-order chi connectivity index (χ0) is 18.8. The Hall–Kier alpha value is -0.843. The topological polar surface area (TPSA) is 46.5 Å². The van der Waals surface area contributed by atoms with Gasteiger partial charge in [-0.25, -0.2) is 0 Å². The van der Waals surface area contributed by atoms with Crippen molar-refractivity contribution in [3.63, 3.8) is 0 Å². The van der Waals surface area contributed by atoms with Crippen LogP contribution in [0.15, 0.2) is 18.2 Å². The number of aliphatic hydroxyl groups excluding tert-OH is 1. The largest absolute Gasteiger partial charge is 0.496 e. The fourth-order valence-corrected chi connectivity index (χ4v) is 2.17. The van der Waals surface area contributed by atoms with E-state index in [0.717, 1.165) is 24.0 Å². The van der Waals surface area contributed by atoms with Crippen LogP contribution in [0.5, 0.6) is 5.75 Å². The second-order valence-corrected chi connectivity index (χ2v) is 15.3. The first-order chi connectivity index (χ1) is 10.9. The maximum Gasteiger partial charge on any atom is 0.155 e. The number of benzene rings is 1. The Morgan fingerprint density at radius 1 is 1.33 bits per heavy atom. The van der Waals surface area contributed by atoms with Crippen LogP contribution >= 0.6 is 11.1 Å². The molecule has 0 bridgehead atoms. The van der Waals surface area contributed by atoms with Crippen molar-refractivity contribution >= 4 is 24.2 Å². The van der Waals surface area contributed by atoms with E-state index >= 15 is 0 Å². The van der Waals surface area contributed by atoms with Crippen LogP contribution in [0, 0.1) is 0 Å². The molecule has 1 saturated carbocycles. The summed E-state index contributed by atoms with van der Waals surface area (Å²) in [4.78, 5) is 11.6. The molecule has 0 unspecified atom stereocenters. The second-order valence-electron chi connectivity index (χ2n) is 8.05. The number of carbonyl (C=O) groups is 1. The molecule has 24 heavy (non-hydrogen) atoms. The fourth-order valence-electron chi connectivity index (χ4n) is 2.17. The fraction of sp³-hybridized carbons (Fsp3) is 0.632. The summed E-state index contributed by atoms with van der Waals surface area (Å²) in [7, 11) is 0.189. The maximum absolute atomic E-state index is 11.6. The standard InChI is InChI=1S/C13H16O3.C6H15ClSi/c1-9(15)13(5-6-13)11-3-4-12(16-2)10(7-11)8-14;1-6(2,3)8(4,5)7/h3-4,7,14H,5-6,8H2,1-2H3;1-5H3. The number of carbonyl (C=O) groups excluding carboxylic acids is 1. The minimum Gasteiger partial charge on any atom is -0.496 e. The smallest absolute Gasteiger partial charge is 0.155 e. The minimum atomic E-state index is -1.39. The number of aliphatic hydroxyl groups is 1. The molecule has 0 atom stereocenters. The molecule has 3 nitrogen and oxygen atoms in total. The lowest BCUT2D eigenvalue weighted by Crippen LogP contribution is -2.29. The van der Waals surface area contributed by atoms with E-state index < -0.39 is 7.38 Å². The summed E-state index contributed by atoms with van der Waals surface area (Å²) in [5.74, 6) is 0.882. The van der Waals surface area contributed by atoms with E-state index in [1.54, 1.807) is 14.0 Å². The van der Waals surface area contributed by atoms with Gasteiger partial charge in [0.1, 0.15) is 11.5 Å². The first-order valence-electron chi connectivity index (χ1n) is 8.37. The van der Waals surface area contributed by atoms with Crippen molar-refractivity contribution in [2.24, 2.45) is 0 Å². The first kappa shape index (κ1) is 21.2. The van der Waals surface area contributed by atoms with Crippen LogP contribution in [-0.2, 0) is 16.8 Å². The SMILES string of the molecule is CC(C)(C)[Si](C)(C)Cl.COc1ccc(C2(C(C)=O)CC2)cc1CO. The van der Waals surface area contributed by atoms with Gasteiger partial charge in [-0.15, -0.1) is 0 Å². The average Bonchev–Trinajstić information content (AvgIpc) is 3.26. The zero-order valence-electron chi connectivity index (χ0n) is 16.0. The van der Waals surface area contributed by atoms with Gasteiger partial charge in [-0.2, -0.15) is 11.1 Å². The van der Waals surface area contributed by atoms with Gasteiger partial charge in [0.15, 0.2) is 7.38 Å². The van der Waals surface area contributed by atoms with E-state index in [1.807, 2.05) is 18.2 Å². The normalized spacial score (nSPS) is 16.0. The summed E-state index contributed by atoms with van der Waals surface area (Å²) in [6, 6.07) is 5.63. The lowest BCUT2D eigenvalue weighted by Gasteiger charge is -2.29. The highest BCUT2D eigenvalue weighted by Crippen LogP contribution is 2.49. The Kier molecular flexibility index (Phi) is 6.70. The Bertz CT molecular complexity index is 569. The third-order valence-electron chi connectivity index (χ3n) is 5.21. The molecule has 1 aromatic rings. The van der Waals surface area contributed by atoms with E-state index in [9.17, 15) is 9.90 Å². The number of hydrogen-bond donors (Lipinski definition) is 1. The summed E-state index contributed by atoms with van der Waals surface area (Å²) >= 11 is 6.15. The predicted molar refractivity (Wildman–Crippen MR) is 104 cm³/mol. The Balaban J connectivity index is 0.000000307. The molecule has 1 aliphatic carbocycles. The molecule has 0 radical (unpaired) electrons. The molecule has 1 aromatic carbocycles. The van der Waals surface area contributed by atoms with E-state index in [4.69, 9.17) is 15.8 Å². The summed E-state index contributed by atoms with van der Waals surface area (Å²) in [6.07, 6.45) is 1.83. The molecule has 5 heteroatoms. The molecule has 136 valence electrons. The molecule has 0 saturated heterocycles. The van der Waals surface area contributed by atoms with Crippen molar-refractivity contribution in [1.29, 1.82) is 0 Å². The highest BCUT2D eigenvalue weighted by molar-refractivity contribution is 7.20. The van der Waals surface area contributed by atoms with Crippen molar-refractivity contribution in [3.8, 4) is 5.75 Å². The molecule has 0 aliphatic heterocycles. The van der Waals surface area contributed by atoms with Crippen LogP contribution in [0.3, 0.4) is 0 Å². The predicted octanol–water partition coefficient (Wildman–Crippen LogP) is 5.04. The van der Waals surface area contributed by atoms with Crippen LogP contribution in [0.25, 0.3) is 0 Å². The van der Waals surface area contributed by atoms with Crippen LogP contribution in [0.2, 0.25) is 18.1 Å². The maximum atomic E-state index is 11.6. The van der Waals surface area contributed by atoms with Gasteiger partial charge >= 0.3 is 0 Å². The molecule has 0 spiro atoms. The van der Waals surface area contributed by atoms with Crippen LogP contribution in [0.1, 0.15) is 51.7 Å². The number of ether oxygens (including phenoxy) is 1. The van der Waals surface area contributed by atoms with Crippen LogP contribution < -0.4 is 4.74 Å². The lowest BCUT2D eigenvalue weighted by atomic mass is 9.91. The summed E-state index contributed by atoms with van der Waals surface area (Å²) in [6.45, 7) is 12.5. The molecule has 1 fully saturated rings. The van der Waals surface area contributed by atoms with Crippen LogP contribution in [-0.4, -0.2) is 25.4 Å². The van der Waals surface area contributed by atoms with Crippen molar-refractivity contribution in [2.75, 3.05) is 7.11 Å². The molecular formula is C19H31ClO3Si. The van der Waals surface area contributed by atoms with Crippen LogP contribution in [0.4, 0.5) is 0 Å². The molecule has 0 heterocycles. The average molecular weight is 371 g/mol. The summed E-state index contributed by atoms with van der Waals surface area (Å²) in [5.41, 5.74) is 1.47. The Labute approximate surface area is 152 Å². The summed E-state index contributed by atoms with van der Waals surface area (Å²) in [5, 5.41) is 9.58. The molecule has 0 amide bonds. The number of methoxy groups -OCH3 is 1.